The average Bonchev–Trinajstić information content (AvgIpc) is 2.77. The number of carbonyl (C=O) groups is 1. The van der Waals surface area contributed by atoms with Crippen molar-refractivity contribution in [3.05, 3.63) is 42.0 Å². The molecule has 0 atom stereocenters. The lowest BCUT2D eigenvalue weighted by atomic mass is 10.1. The highest BCUT2D eigenvalue weighted by molar-refractivity contribution is 7.62. The smallest absolute Gasteiger partial charge is 0.305 e. The fraction of sp³-hybridized carbons (Fsp3) is 0.654. The normalized spacial score (nSPS) is 11.6. The van der Waals surface area contributed by atoms with Gasteiger partial charge in [-0.1, -0.05) is 103 Å². The molecule has 0 radical (unpaired) electrons. The first-order valence-electron chi connectivity index (χ1n) is 12.1. The lowest BCUT2D eigenvalue weighted by molar-refractivity contribution is 0.103. The van der Waals surface area contributed by atoms with Crippen LogP contribution in [0.5, 0.6) is 0 Å². The number of Topliss-reactive ketones (excluding diaryl/α,β-unsaturated/α-hetero) is 1. The van der Waals surface area contributed by atoms with Crippen molar-refractivity contribution >= 4 is 18.7 Å². The molecule has 1 rings (SSSR count). The van der Waals surface area contributed by atoms with E-state index in [0.717, 1.165) is 38.5 Å². The molecule has 31 heavy (non-hydrogen) atoms. The molecule has 4 nitrogen and oxygen atoms in total. The number of allylic oxidation sites excluding steroid dienone is 1. The molecule has 176 valence electrons. The van der Waals surface area contributed by atoms with E-state index in [2.05, 4.69) is 20.4 Å². The highest BCUT2D eigenvalue weighted by atomic mass is 31.2. The van der Waals surface area contributed by atoms with Gasteiger partial charge in [0, 0.05) is 5.56 Å². The van der Waals surface area contributed by atoms with Gasteiger partial charge in [-0.05, 0) is 31.4 Å². The van der Waals surface area contributed by atoms with Crippen LogP contribution in [0.3, 0.4) is 0 Å². The molecule has 1 aromatic rings. The molecule has 0 amide bonds. The van der Waals surface area contributed by atoms with Gasteiger partial charge in [0.25, 0.3) is 0 Å². The highest BCUT2D eigenvalue weighted by Crippen LogP contribution is 2.48. The molecule has 0 unspecified atom stereocenters. The fourth-order valence-corrected chi connectivity index (χ4v) is 5.28. The third-order valence-electron chi connectivity index (χ3n) is 5.35. The molecule has 0 aliphatic rings. The number of carbonyl (C=O) groups excluding carboxylic acids is 1. The lowest BCUT2D eigenvalue weighted by Crippen LogP contribution is -2.20. The minimum Gasteiger partial charge on any atom is -0.305 e. The van der Waals surface area contributed by atoms with E-state index in [-0.39, 0.29) is 5.78 Å². The Morgan fingerprint density at radius 3 is 1.74 bits per heavy atom. The molecule has 0 aromatic heterocycles. The predicted octanol–water partition coefficient (Wildman–Crippen LogP) is 8.02. The van der Waals surface area contributed by atoms with E-state index < -0.39 is 7.60 Å². The van der Waals surface area contributed by atoms with Crippen LogP contribution in [0.1, 0.15) is 108 Å². The lowest BCUT2D eigenvalue weighted by Gasteiger charge is -2.21. The average molecular weight is 451 g/mol. The van der Waals surface area contributed by atoms with E-state index in [1.165, 1.54) is 38.5 Å². The van der Waals surface area contributed by atoms with Crippen LogP contribution in [0.25, 0.3) is 0 Å². The van der Waals surface area contributed by atoms with Gasteiger partial charge in [-0.2, -0.15) is 0 Å². The van der Waals surface area contributed by atoms with Crippen molar-refractivity contribution in [1.82, 2.24) is 0 Å². The summed E-state index contributed by atoms with van der Waals surface area (Å²) in [5.74, 6) is -0.220. The fourth-order valence-electron chi connectivity index (χ4n) is 3.44. The second-order valence-corrected chi connectivity index (χ2v) is 10.3. The number of hydrogen-bond donors (Lipinski definition) is 0. The summed E-state index contributed by atoms with van der Waals surface area (Å²) < 4.78 is 25.6. The molecule has 0 aliphatic carbocycles. The van der Waals surface area contributed by atoms with E-state index >= 15 is 0 Å². The molecule has 0 saturated carbocycles. The first kappa shape index (κ1) is 27.8. The summed E-state index contributed by atoms with van der Waals surface area (Å²) in [7, 11) is -3.59. The third kappa shape index (κ3) is 10.8. The van der Waals surface area contributed by atoms with Crippen LogP contribution in [-0.2, 0) is 13.6 Å². The topological polar surface area (TPSA) is 52.6 Å². The summed E-state index contributed by atoms with van der Waals surface area (Å²) in [6.45, 7) is 10.6. The number of ketones is 1. The summed E-state index contributed by atoms with van der Waals surface area (Å²) >= 11 is 0. The van der Waals surface area contributed by atoms with Crippen molar-refractivity contribution in [2.75, 3.05) is 13.2 Å². The largest absolute Gasteiger partial charge is 0.362 e. The minimum absolute atomic E-state index is 0.220. The zero-order valence-electron chi connectivity index (χ0n) is 20.0. The van der Waals surface area contributed by atoms with Crippen LogP contribution in [0.15, 0.2) is 36.4 Å². The molecule has 0 heterocycles. The van der Waals surface area contributed by atoms with Gasteiger partial charge >= 0.3 is 7.60 Å². The summed E-state index contributed by atoms with van der Waals surface area (Å²) in [5, 5.41) is 0.361. The second-order valence-electron chi connectivity index (χ2n) is 8.33. The van der Waals surface area contributed by atoms with Crippen molar-refractivity contribution in [2.45, 2.75) is 97.8 Å². The quantitative estimate of drug-likeness (QED) is 0.0926. The van der Waals surface area contributed by atoms with Crippen LogP contribution in [0.4, 0.5) is 0 Å². The Hall–Kier alpha value is -1.22. The number of benzene rings is 1. The standard InChI is InChI=1S/C26H43O4P/c1-5-7-9-11-13-17-21-29-31(28,30-22-18-14-12-10-8-6-2)25-20-16-15-19-24(25)26(27)23(3)4/h15-16,19-20H,3,5-14,17-18,21-22H2,1-2,4H3. The van der Waals surface area contributed by atoms with E-state index in [0.29, 0.717) is 29.7 Å². The first-order valence-corrected chi connectivity index (χ1v) is 13.7. The van der Waals surface area contributed by atoms with Crippen LogP contribution in [0, 0.1) is 0 Å². The van der Waals surface area contributed by atoms with Gasteiger partial charge in [0.15, 0.2) is 5.78 Å². The first-order chi connectivity index (χ1) is 15.0. The van der Waals surface area contributed by atoms with Crippen molar-refractivity contribution < 1.29 is 18.4 Å². The Morgan fingerprint density at radius 1 is 0.806 bits per heavy atom. The Bertz CT molecular complexity index is 676. The summed E-state index contributed by atoms with van der Waals surface area (Å²) in [6.07, 6.45) is 13.4. The summed E-state index contributed by atoms with van der Waals surface area (Å²) in [5.41, 5.74) is 0.773. The summed E-state index contributed by atoms with van der Waals surface area (Å²) in [4.78, 5) is 12.6. The van der Waals surface area contributed by atoms with Crippen LogP contribution in [0.2, 0.25) is 0 Å². The molecule has 0 fully saturated rings. The molecule has 0 aliphatic heterocycles. The van der Waals surface area contributed by atoms with Crippen molar-refractivity contribution in [3.8, 4) is 0 Å². The number of hydrogen-bond acceptors (Lipinski definition) is 4. The van der Waals surface area contributed by atoms with Gasteiger partial charge in [0.2, 0.25) is 0 Å². The monoisotopic (exact) mass is 450 g/mol. The Labute approximate surface area is 190 Å². The maximum Gasteiger partial charge on any atom is 0.362 e. The number of rotatable bonds is 19. The maximum atomic E-state index is 13.8. The molecule has 5 heteroatoms. The van der Waals surface area contributed by atoms with Crippen molar-refractivity contribution in [2.24, 2.45) is 0 Å². The minimum atomic E-state index is -3.59. The molecule has 0 saturated heterocycles. The SMILES string of the molecule is C=C(C)C(=O)c1ccccc1P(=O)(OCCCCCCCC)OCCCCCCCC. The molecule has 0 bridgehead atoms. The van der Waals surface area contributed by atoms with Gasteiger partial charge in [-0.25, -0.2) is 0 Å². The zero-order chi connectivity index (χ0) is 23.0. The van der Waals surface area contributed by atoms with E-state index in [4.69, 9.17) is 9.05 Å². The highest BCUT2D eigenvalue weighted by Gasteiger charge is 2.32. The molecule has 0 N–H and O–H groups in total. The molecular formula is C26H43O4P. The third-order valence-corrected chi connectivity index (χ3v) is 7.37. The van der Waals surface area contributed by atoms with Crippen LogP contribution >= 0.6 is 7.60 Å². The van der Waals surface area contributed by atoms with Crippen LogP contribution < -0.4 is 5.30 Å². The Morgan fingerprint density at radius 2 is 1.26 bits per heavy atom. The van der Waals surface area contributed by atoms with Crippen molar-refractivity contribution in [1.29, 1.82) is 0 Å². The van der Waals surface area contributed by atoms with E-state index in [9.17, 15) is 9.36 Å². The van der Waals surface area contributed by atoms with E-state index in [1.54, 1.807) is 31.2 Å². The predicted molar refractivity (Wildman–Crippen MR) is 131 cm³/mol. The van der Waals surface area contributed by atoms with Gasteiger partial charge in [-0.15, -0.1) is 0 Å². The summed E-state index contributed by atoms with van der Waals surface area (Å²) in [6, 6.07) is 6.92. The van der Waals surface area contributed by atoms with Gasteiger partial charge in [-0.3, -0.25) is 9.36 Å². The molecule has 1 aromatic carbocycles. The Kier molecular flexibility index (Phi) is 14.7. The molecular weight excluding hydrogens is 407 g/mol. The molecule has 0 spiro atoms. The Balaban J connectivity index is 2.80. The number of unbranched alkanes of at least 4 members (excludes halogenated alkanes) is 10. The van der Waals surface area contributed by atoms with Crippen LogP contribution in [-0.4, -0.2) is 19.0 Å². The second kappa shape index (κ2) is 16.4. The van der Waals surface area contributed by atoms with E-state index in [1.807, 2.05) is 0 Å². The van der Waals surface area contributed by atoms with Crippen molar-refractivity contribution in [3.63, 3.8) is 0 Å². The van der Waals surface area contributed by atoms with Gasteiger partial charge in [0.1, 0.15) is 0 Å². The maximum absolute atomic E-state index is 13.8. The van der Waals surface area contributed by atoms with Gasteiger partial charge in [0.05, 0.1) is 18.5 Å². The zero-order valence-corrected chi connectivity index (χ0v) is 20.9. The van der Waals surface area contributed by atoms with Gasteiger partial charge < -0.3 is 9.05 Å².